The van der Waals surface area contributed by atoms with Crippen LogP contribution >= 0.6 is 22.5 Å². The lowest BCUT2D eigenvalue weighted by molar-refractivity contribution is 0.146. The standard InChI is InChI=1S/C8H14OS2/c1-2-3-4-5-6-9-7-8-11-10/h1,10H,3-8H2. The van der Waals surface area contributed by atoms with Gasteiger partial charge in [-0.3, -0.25) is 0 Å². The van der Waals surface area contributed by atoms with E-state index in [4.69, 9.17) is 11.2 Å². The lowest BCUT2D eigenvalue weighted by Crippen LogP contribution is -1.97. The molecule has 0 saturated carbocycles. The Balaban J connectivity index is 2.75. The van der Waals surface area contributed by atoms with Gasteiger partial charge in [0.1, 0.15) is 0 Å². The molecule has 0 aromatic heterocycles. The van der Waals surface area contributed by atoms with Crippen LogP contribution in [-0.2, 0) is 4.74 Å². The van der Waals surface area contributed by atoms with Crippen molar-refractivity contribution >= 4 is 22.5 Å². The zero-order valence-electron chi connectivity index (χ0n) is 6.58. The SMILES string of the molecule is C#CCCCCOCCSS. The van der Waals surface area contributed by atoms with Crippen molar-refractivity contribution in [3.05, 3.63) is 0 Å². The van der Waals surface area contributed by atoms with Crippen LogP contribution in [0.2, 0.25) is 0 Å². The highest BCUT2D eigenvalue weighted by Crippen LogP contribution is 2.03. The quantitative estimate of drug-likeness (QED) is 0.286. The summed E-state index contributed by atoms with van der Waals surface area (Å²) in [6.45, 7) is 1.63. The molecule has 0 N–H and O–H groups in total. The summed E-state index contributed by atoms with van der Waals surface area (Å²) >= 11 is 3.99. The van der Waals surface area contributed by atoms with Crippen LogP contribution in [0.25, 0.3) is 0 Å². The van der Waals surface area contributed by atoms with Crippen molar-refractivity contribution in [1.82, 2.24) is 0 Å². The highest BCUT2D eigenvalue weighted by atomic mass is 33.1. The molecule has 0 aliphatic carbocycles. The molecule has 0 spiro atoms. The van der Waals surface area contributed by atoms with E-state index in [1.54, 1.807) is 0 Å². The van der Waals surface area contributed by atoms with Gasteiger partial charge in [-0.25, -0.2) is 0 Å². The maximum absolute atomic E-state index is 5.28. The van der Waals surface area contributed by atoms with Crippen molar-refractivity contribution < 1.29 is 4.74 Å². The molecule has 0 radical (unpaired) electrons. The minimum absolute atomic E-state index is 0.796. The molecule has 0 saturated heterocycles. The third kappa shape index (κ3) is 10.2. The third-order valence-corrected chi connectivity index (χ3v) is 2.08. The summed E-state index contributed by atoms with van der Waals surface area (Å²) in [5, 5.41) is 0. The second-order valence-electron chi connectivity index (χ2n) is 2.11. The number of ether oxygens (including phenoxy) is 1. The fraction of sp³-hybridized carbons (Fsp3) is 0.750. The van der Waals surface area contributed by atoms with Crippen LogP contribution in [0.3, 0.4) is 0 Å². The zero-order valence-corrected chi connectivity index (χ0v) is 8.29. The van der Waals surface area contributed by atoms with E-state index < -0.39 is 0 Å². The van der Waals surface area contributed by atoms with Crippen molar-refractivity contribution in [3.8, 4) is 12.3 Å². The molecule has 0 fully saturated rings. The maximum Gasteiger partial charge on any atom is 0.0564 e. The Morgan fingerprint density at radius 3 is 2.82 bits per heavy atom. The minimum atomic E-state index is 0.796. The average Bonchev–Trinajstić information content (AvgIpc) is 2.03. The van der Waals surface area contributed by atoms with Crippen molar-refractivity contribution in [1.29, 1.82) is 0 Å². The Hall–Kier alpha value is 0.220. The normalized spacial score (nSPS) is 9.45. The monoisotopic (exact) mass is 190 g/mol. The van der Waals surface area contributed by atoms with Gasteiger partial charge in [0.15, 0.2) is 0 Å². The van der Waals surface area contributed by atoms with Gasteiger partial charge < -0.3 is 4.74 Å². The van der Waals surface area contributed by atoms with Crippen molar-refractivity contribution in [2.75, 3.05) is 19.0 Å². The summed E-state index contributed by atoms with van der Waals surface area (Å²) in [6.07, 6.45) is 8.10. The lowest BCUT2D eigenvalue weighted by Gasteiger charge is -2.00. The van der Waals surface area contributed by atoms with Gasteiger partial charge in [0.2, 0.25) is 0 Å². The van der Waals surface area contributed by atoms with E-state index in [9.17, 15) is 0 Å². The van der Waals surface area contributed by atoms with Gasteiger partial charge in [-0.05, 0) is 12.8 Å². The van der Waals surface area contributed by atoms with Crippen molar-refractivity contribution in [2.24, 2.45) is 0 Å². The Morgan fingerprint density at radius 1 is 1.36 bits per heavy atom. The first-order valence-electron chi connectivity index (χ1n) is 3.69. The number of thiol groups is 1. The molecule has 0 rings (SSSR count). The minimum Gasteiger partial charge on any atom is -0.381 e. The van der Waals surface area contributed by atoms with E-state index in [0.717, 1.165) is 38.2 Å². The van der Waals surface area contributed by atoms with Gasteiger partial charge in [-0.1, -0.05) is 10.8 Å². The maximum atomic E-state index is 5.28. The molecule has 0 aromatic rings. The fourth-order valence-corrected chi connectivity index (χ4v) is 1.05. The summed E-state index contributed by atoms with van der Waals surface area (Å²) in [7, 11) is 1.51. The largest absolute Gasteiger partial charge is 0.381 e. The molecule has 0 atom stereocenters. The molecule has 0 unspecified atom stereocenters. The fourth-order valence-electron chi connectivity index (χ4n) is 0.629. The molecule has 1 nitrogen and oxygen atoms in total. The number of rotatable bonds is 7. The third-order valence-electron chi connectivity index (χ3n) is 1.18. The molecule has 3 heteroatoms. The molecule has 0 aliphatic heterocycles. The molecule has 0 aromatic carbocycles. The van der Waals surface area contributed by atoms with Crippen LogP contribution in [0.15, 0.2) is 0 Å². The summed E-state index contributed by atoms with van der Waals surface area (Å²) < 4.78 is 5.28. The van der Waals surface area contributed by atoms with Crippen LogP contribution in [0.5, 0.6) is 0 Å². The molecular formula is C8H14OS2. The molecule has 0 heterocycles. The van der Waals surface area contributed by atoms with E-state index in [2.05, 4.69) is 17.6 Å². The van der Waals surface area contributed by atoms with Crippen molar-refractivity contribution in [2.45, 2.75) is 19.3 Å². The predicted molar refractivity (Wildman–Crippen MR) is 54.9 cm³/mol. The number of hydrogen-bond acceptors (Lipinski definition) is 3. The van der Waals surface area contributed by atoms with Crippen molar-refractivity contribution in [3.63, 3.8) is 0 Å². The van der Waals surface area contributed by atoms with E-state index in [1.165, 1.54) is 10.8 Å². The Bertz CT molecular complexity index is 109. The Kier molecular flexibility index (Phi) is 10.4. The summed E-state index contributed by atoms with van der Waals surface area (Å²) in [5.41, 5.74) is 0. The predicted octanol–water partition coefficient (Wildman–Crippen LogP) is 2.38. The smallest absolute Gasteiger partial charge is 0.0564 e. The molecule has 0 aliphatic rings. The first-order chi connectivity index (χ1) is 5.41. The molecule has 0 amide bonds. The first kappa shape index (κ1) is 11.2. The van der Waals surface area contributed by atoms with E-state index >= 15 is 0 Å². The van der Waals surface area contributed by atoms with Crippen LogP contribution in [-0.4, -0.2) is 19.0 Å². The van der Waals surface area contributed by atoms with E-state index in [1.807, 2.05) is 0 Å². The Labute approximate surface area is 78.1 Å². The van der Waals surface area contributed by atoms with Crippen LogP contribution < -0.4 is 0 Å². The van der Waals surface area contributed by atoms with Gasteiger partial charge in [0.05, 0.1) is 6.61 Å². The molecule has 0 bridgehead atoms. The van der Waals surface area contributed by atoms with Crippen LogP contribution in [0.1, 0.15) is 19.3 Å². The van der Waals surface area contributed by atoms with Gasteiger partial charge in [0.25, 0.3) is 0 Å². The zero-order chi connectivity index (χ0) is 8.36. The van der Waals surface area contributed by atoms with Gasteiger partial charge >= 0.3 is 0 Å². The number of terminal acetylenes is 1. The average molecular weight is 190 g/mol. The Morgan fingerprint density at radius 2 is 2.18 bits per heavy atom. The lowest BCUT2D eigenvalue weighted by atomic mass is 10.2. The second kappa shape index (κ2) is 10.2. The summed E-state index contributed by atoms with van der Waals surface area (Å²) in [5.74, 6) is 3.55. The summed E-state index contributed by atoms with van der Waals surface area (Å²) in [4.78, 5) is 0. The molecule has 11 heavy (non-hydrogen) atoms. The van der Waals surface area contributed by atoms with Crippen LogP contribution in [0.4, 0.5) is 0 Å². The van der Waals surface area contributed by atoms with Gasteiger partial charge in [-0.2, -0.15) is 0 Å². The second-order valence-corrected chi connectivity index (χ2v) is 3.55. The summed E-state index contributed by atoms with van der Waals surface area (Å²) in [6, 6.07) is 0. The van der Waals surface area contributed by atoms with Crippen LogP contribution in [0, 0.1) is 12.3 Å². The van der Waals surface area contributed by atoms with Gasteiger partial charge in [0, 0.05) is 18.8 Å². The number of unbranched alkanes of at least 4 members (excludes halogenated alkanes) is 2. The van der Waals surface area contributed by atoms with E-state index in [-0.39, 0.29) is 0 Å². The highest BCUT2D eigenvalue weighted by molar-refractivity contribution is 8.68. The molecule has 64 valence electrons. The first-order valence-corrected chi connectivity index (χ1v) is 5.73. The topological polar surface area (TPSA) is 9.23 Å². The highest BCUT2D eigenvalue weighted by Gasteiger charge is 1.87. The molecular weight excluding hydrogens is 176 g/mol. The van der Waals surface area contributed by atoms with E-state index in [0.29, 0.717) is 0 Å². The number of hydrogen-bond donors (Lipinski definition) is 1. The van der Waals surface area contributed by atoms with Gasteiger partial charge in [-0.15, -0.1) is 24.0 Å².